The number of hydrogen-bond acceptors (Lipinski definition) is 7. The zero-order chi connectivity index (χ0) is 23.9. The quantitative estimate of drug-likeness (QED) is 0.293. The lowest BCUT2D eigenvalue weighted by molar-refractivity contribution is 0.0955. The van der Waals surface area contributed by atoms with Crippen LogP contribution in [0, 0.1) is 6.92 Å². The molecule has 0 saturated carbocycles. The largest absolute Gasteiger partial charge is 0.496 e. The maximum atomic E-state index is 12.2. The minimum atomic E-state index is -0.290. The summed E-state index contributed by atoms with van der Waals surface area (Å²) < 4.78 is 13.5. The van der Waals surface area contributed by atoms with Crippen molar-refractivity contribution in [3.05, 3.63) is 71.8 Å². The number of carbonyl (C=O) groups excluding carboxylic acids is 1. The first-order valence-corrected chi connectivity index (χ1v) is 11.0. The van der Waals surface area contributed by atoms with Gasteiger partial charge in [-0.2, -0.15) is 10.1 Å². The highest BCUT2D eigenvalue weighted by Crippen LogP contribution is 2.29. The van der Waals surface area contributed by atoms with Gasteiger partial charge in [0.1, 0.15) is 17.8 Å². The van der Waals surface area contributed by atoms with Crippen LogP contribution in [0.5, 0.6) is 17.4 Å². The van der Waals surface area contributed by atoms with E-state index in [1.165, 1.54) is 12.5 Å². The molecule has 2 heterocycles. The number of ether oxygens (including phenoxy) is 2. The molecule has 2 aromatic heterocycles. The molecule has 0 radical (unpaired) electrons. The van der Waals surface area contributed by atoms with Crippen molar-refractivity contribution in [3.63, 3.8) is 0 Å². The van der Waals surface area contributed by atoms with Crippen LogP contribution in [-0.2, 0) is 6.54 Å². The molecule has 0 fully saturated rings. The lowest BCUT2D eigenvalue weighted by Gasteiger charge is -2.09. The minimum Gasteiger partial charge on any atom is -0.496 e. The lowest BCUT2D eigenvalue weighted by Crippen LogP contribution is -2.17. The number of unbranched alkanes of at least 4 members (excludes halogenated alkanes) is 1. The molecular formula is C25H26N6O3. The van der Waals surface area contributed by atoms with E-state index in [-0.39, 0.29) is 5.91 Å². The number of carbonyl (C=O) groups is 1. The molecule has 0 atom stereocenters. The van der Waals surface area contributed by atoms with Gasteiger partial charge >= 0.3 is 0 Å². The summed E-state index contributed by atoms with van der Waals surface area (Å²) in [7, 11) is 1.56. The fraction of sp³-hybridized carbons (Fsp3) is 0.240. The highest BCUT2D eigenvalue weighted by molar-refractivity contribution is 5.95. The second-order valence-corrected chi connectivity index (χ2v) is 7.71. The van der Waals surface area contributed by atoms with Gasteiger partial charge in [-0.25, -0.2) is 15.4 Å². The van der Waals surface area contributed by atoms with E-state index in [0.717, 1.165) is 30.6 Å². The fourth-order valence-electron chi connectivity index (χ4n) is 3.33. The minimum absolute atomic E-state index is 0.290. The summed E-state index contributed by atoms with van der Waals surface area (Å²) in [6.07, 6.45) is 6.87. The van der Waals surface area contributed by atoms with Gasteiger partial charge in [0.05, 0.1) is 19.7 Å². The zero-order valence-electron chi connectivity index (χ0n) is 19.4. The topological polar surface area (TPSA) is 104 Å². The highest BCUT2D eigenvalue weighted by Gasteiger charge is 2.13. The Labute approximate surface area is 197 Å². The number of methoxy groups -OCH3 is 1. The van der Waals surface area contributed by atoms with Crippen molar-refractivity contribution < 1.29 is 14.3 Å². The lowest BCUT2D eigenvalue weighted by atomic mass is 10.1. The number of hydrazone groups is 1. The molecule has 0 aliphatic carbocycles. The van der Waals surface area contributed by atoms with Crippen LogP contribution in [-0.4, -0.2) is 38.8 Å². The van der Waals surface area contributed by atoms with Gasteiger partial charge in [0.2, 0.25) is 0 Å². The molecule has 0 spiro atoms. The first-order chi connectivity index (χ1) is 16.6. The van der Waals surface area contributed by atoms with E-state index in [2.05, 4.69) is 32.4 Å². The summed E-state index contributed by atoms with van der Waals surface area (Å²) in [5.41, 5.74) is 6.15. The standard InChI is InChI=1S/C25H26N6O3/c1-4-5-12-31-16-28-22-23(31)26-15-27-25(22)34-20-11-10-19(21(13-20)33-3)14-29-30-24(32)18-8-6-17(2)7-9-18/h6-11,13-16H,4-5,12H2,1-3H3,(H,30,32)/b29-14+. The van der Waals surface area contributed by atoms with Gasteiger partial charge in [-0.1, -0.05) is 31.0 Å². The molecule has 0 aliphatic heterocycles. The SMILES string of the molecule is CCCCn1cnc2c(Oc3ccc(/C=N/NC(=O)c4ccc(C)cc4)c(OC)c3)ncnc21. The molecule has 0 unspecified atom stereocenters. The van der Waals surface area contributed by atoms with Crippen LogP contribution in [0.25, 0.3) is 11.2 Å². The molecule has 0 aliphatic rings. The number of hydrogen-bond donors (Lipinski definition) is 1. The van der Waals surface area contributed by atoms with Gasteiger partial charge in [0.25, 0.3) is 11.8 Å². The summed E-state index contributed by atoms with van der Waals surface area (Å²) in [5.74, 6) is 1.14. The zero-order valence-corrected chi connectivity index (χ0v) is 19.4. The molecule has 0 bridgehead atoms. The van der Waals surface area contributed by atoms with Crippen LogP contribution in [0.4, 0.5) is 0 Å². The van der Waals surface area contributed by atoms with Gasteiger partial charge in [-0.05, 0) is 37.6 Å². The van der Waals surface area contributed by atoms with Crippen LogP contribution in [0.1, 0.15) is 41.3 Å². The maximum Gasteiger partial charge on any atom is 0.271 e. The Morgan fingerprint density at radius 1 is 1.15 bits per heavy atom. The number of imidazole rings is 1. The highest BCUT2D eigenvalue weighted by atomic mass is 16.5. The molecule has 4 rings (SSSR count). The average Bonchev–Trinajstić information content (AvgIpc) is 3.27. The Kier molecular flexibility index (Phi) is 7.12. The Bertz CT molecular complexity index is 1310. The molecule has 0 saturated heterocycles. The van der Waals surface area contributed by atoms with E-state index in [1.807, 2.05) is 23.6 Å². The van der Waals surface area contributed by atoms with E-state index in [1.54, 1.807) is 43.8 Å². The molecule has 174 valence electrons. The third-order valence-corrected chi connectivity index (χ3v) is 5.22. The average molecular weight is 459 g/mol. The number of aromatic nitrogens is 4. The Balaban J connectivity index is 1.48. The summed E-state index contributed by atoms with van der Waals surface area (Å²) in [6, 6.07) is 12.5. The number of fused-ring (bicyclic) bond motifs is 1. The van der Waals surface area contributed by atoms with Crippen molar-refractivity contribution in [2.45, 2.75) is 33.2 Å². The van der Waals surface area contributed by atoms with Gasteiger partial charge in [0, 0.05) is 23.7 Å². The Morgan fingerprint density at radius 2 is 1.97 bits per heavy atom. The van der Waals surface area contributed by atoms with E-state index in [0.29, 0.717) is 34.0 Å². The van der Waals surface area contributed by atoms with Crippen LogP contribution in [0.15, 0.2) is 60.2 Å². The predicted octanol–water partition coefficient (Wildman–Crippen LogP) is 4.50. The second-order valence-electron chi connectivity index (χ2n) is 7.71. The molecule has 1 amide bonds. The van der Waals surface area contributed by atoms with Crippen molar-refractivity contribution in [3.8, 4) is 17.4 Å². The van der Waals surface area contributed by atoms with E-state index >= 15 is 0 Å². The summed E-state index contributed by atoms with van der Waals surface area (Å²) in [4.78, 5) is 25.3. The summed E-state index contributed by atoms with van der Waals surface area (Å²) in [6.45, 7) is 4.95. The number of amides is 1. The Morgan fingerprint density at radius 3 is 2.74 bits per heavy atom. The first-order valence-electron chi connectivity index (χ1n) is 11.0. The number of benzene rings is 2. The van der Waals surface area contributed by atoms with Crippen molar-refractivity contribution in [1.82, 2.24) is 24.9 Å². The fourth-order valence-corrected chi connectivity index (χ4v) is 3.33. The predicted molar refractivity (Wildman–Crippen MR) is 130 cm³/mol. The summed E-state index contributed by atoms with van der Waals surface area (Å²) in [5, 5.41) is 4.05. The van der Waals surface area contributed by atoms with Gasteiger partial charge in [-0.3, -0.25) is 4.79 Å². The monoisotopic (exact) mass is 458 g/mol. The van der Waals surface area contributed by atoms with E-state index < -0.39 is 0 Å². The van der Waals surface area contributed by atoms with Crippen LogP contribution in [0.2, 0.25) is 0 Å². The molecule has 4 aromatic rings. The molecule has 9 nitrogen and oxygen atoms in total. The van der Waals surface area contributed by atoms with Crippen LogP contribution < -0.4 is 14.9 Å². The van der Waals surface area contributed by atoms with Crippen molar-refractivity contribution in [2.24, 2.45) is 5.10 Å². The van der Waals surface area contributed by atoms with Crippen molar-refractivity contribution >= 4 is 23.3 Å². The van der Waals surface area contributed by atoms with E-state index in [9.17, 15) is 4.79 Å². The molecule has 2 aromatic carbocycles. The van der Waals surface area contributed by atoms with Gasteiger partial charge in [-0.15, -0.1) is 0 Å². The van der Waals surface area contributed by atoms with Crippen LogP contribution in [0.3, 0.4) is 0 Å². The van der Waals surface area contributed by atoms with Gasteiger partial charge in [0.15, 0.2) is 11.2 Å². The number of nitrogens with zero attached hydrogens (tertiary/aromatic N) is 5. The molecule has 9 heteroatoms. The van der Waals surface area contributed by atoms with Gasteiger partial charge < -0.3 is 14.0 Å². The molecular weight excluding hydrogens is 432 g/mol. The normalized spacial score (nSPS) is 11.1. The van der Waals surface area contributed by atoms with E-state index in [4.69, 9.17) is 9.47 Å². The first kappa shape index (κ1) is 22.9. The van der Waals surface area contributed by atoms with Crippen LogP contribution >= 0.6 is 0 Å². The number of nitrogens with one attached hydrogen (secondary N) is 1. The third kappa shape index (κ3) is 5.20. The third-order valence-electron chi connectivity index (χ3n) is 5.22. The molecule has 1 N–H and O–H groups in total. The number of rotatable bonds is 9. The Hall–Kier alpha value is -4.27. The maximum absolute atomic E-state index is 12.2. The number of aryl methyl sites for hydroxylation is 2. The smallest absolute Gasteiger partial charge is 0.271 e. The van der Waals surface area contributed by atoms with Crippen molar-refractivity contribution in [1.29, 1.82) is 0 Å². The molecule has 34 heavy (non-hydrogen) atoms. The van der Waals surface area contributed by atoms with Crippen molar-refractivity contribution in [2.75, 3.05) is 7.11 Å². The summed E-state index contributed by atoms with van der Waals surface area (Å²) >= 11 is 0. The second kappa shape index (κ2) is 10.6.